The Labute approximate surface area is 106 Å². The average Bonchev–Trinajstić information content (AvgIpc) is 2.32. The summed E-state index contributed by atoms with van der Waals surface area (Å²) in [6.45, 7) is 5.03. The zero-order valence-corrected chi connectivity index (χ0v) is 10.8. The molecule has 2 heterocycles. The van der Waals surface area contributed by atoms with E-state index in [0.29, 0.717) is 11.6 Å². The summed E-state index contributed by atoms with van der Waals surface area (Å²) < 4.78 is 0. The molecule has 3 nitrogen and oxygen atoms in total. The smallest absolute Gasteiger partial charge is 0.219 e. The van der Waals surface area contributed by atoms with Crippen LogP contribution in [-0.4, -0.2) is 28.9 Å². The quantitative estimate of drug-likeness (QED) is 0.768. The van der Waals surface area contributed by atoms with Crippen LogP contribution >= 0.6 is 11.6 Å². The van der Waals surface area contributed by atoms with E-state index in [1.165, 1.54) is 5.57 Å². The van der Waals surface area contributed by atoms with Gasteiger partial charge in [-0.1, -0.05) is 17.7 Å². The minimum atomic E-state index is 0.126. The number of aromatic nitrogens is 1. The first kappa shape index (κ1) is 12.1. The molecular weight excluding hydrogens is 236 g/mol. The second-order valence-electron chi connectivity index (χ2n) is 4.23. The number of pyridine rings is 1. The van der Waals surface area contributed by atoms with Gasteiger partial charge in [0.05, 0.1) is 5.02 Å². The van der Waals surface area contributed by atoms with Gasteiger partial charge in [-0.25, -0.2) is 0 Å². The van der Waals surface area contributed by atoms with Crippen LogP contribution in [0.25, 0.3) is 5.57 Å². The van der Waals surface area contributed by atoms with E-state index < -0.39 is 0 Å². The van der Waals surface area contributed by atoms with Gasteiger partial charge in [0.25, 0.3) is 0 Å². The lowest BCUT2D eigenvalue weighted by Crippen LogP contribution is -2.32. The van der Waals surface area contributed by atoms with Crippen molar-refractivity contribution in [2.75, 3.05) is 13.1 Å². The van der Waals surface area contributed by atoms with E-state index in [4.69, 9.17) is 11.6 Å². The topological polar surface area (TPSA) is 33.2 Å². The van der Waals surface area contributed by atoms with E-state index in [1.807, 2.05) is 17.9 Å². The highest BCUT2D eigenvalue weighted by Gasteiger charge is 2.16. The fraction of sp³-hybridized carbons (Fsp3) is 0.385. The SMILES string of the molecule is CC(=O)N1CC=C(c2cc(Cl)cnc2C)CC1. The number of rotatable bonds is 1. The molecule has 0 saturated heterocycles. The van der Waals surface area contributed by atoms with Crippen LogP contribution in [-0.2, 0) is 4.79 Å². The van der Waals surface area contributed by atoms with Gasteiger partial charge in [0.1, 0.15) is 0 Å². The Morgan fingerprint density at radius 2 is 2.29 bits per heavy atom. The lowest BCUT2D eigenvalue weighted by Gasteiger charge is -2.25. The molecule has 17 heavy (non-hydrogen) atoms. The molecule has 2 rings (SSSR count). The zero-order valence-electron chi connectivity index (χ0n) is 10.0. The predicted octanol–water partition coefficient (Wildman–Crippen LogP) is 2.68. The number of halogens is 1. The minimum Gasteiger partial charge on any atom is -0.339 e. The molecule has 0 bridgehead atoms. The molecule has 90 valence electrons. The van der Waals surface area contributed by atoms with Crippen molar-refractivity contribution >= 4 is 23.1 Å². The Morgan fingerprint density at radius 1 is 1.53 bits per heavy atom. The first-order chi connectivity index (χ1) is 8.08. The predicted molar refractivity (Wildman–Crippen MR) is 68.8 cm³/mol. The van der Waals surface area contributed by atoms with Gasteiger partial charge in [-0.15, -0.1) is 0 Å². The molecule has 0 spiro atoms. The number of carbonyl (C=O) groups is 1. The fourth-order valence-corrected chi connectivity index (χ4v) is 2.19. The number of aryl methyl sites for hydroxylation is 1. The van der Waals surface area contributed by atoms with E-state index in [9.17, 15) is 4.79 Å². The molecule has 0 aliphatic carbocycles. The molecule has 1 aliphatic heterocycles. The Kier molecular flexibility index (Phi) is 3.48. The van der Waals surface area contributed by atoms with Gasteiger partial charge in [0.15, 0.2) is 0 Å². The summed E-state index contributed by atoms with van der Waals surface area (Å²) in [7, 11) is 0. The van der Waals surface area contributed by atoms with Crippen molar-refractivity contribution in [1.82, 2.24) is 9.88 Å². The third kappa shape index (κ3) is 2.67. The van der Waals surface area contributed by atoms with Crippen molar-refractivity contribution in [3.05, 3.63) is 34.6 Å². The first-order valence-corrected chi connectivity index (χ1v) is 6.03. The first-order valence-electron chi connectivity index (χ1n) is 5.65. The molecule has 1 aromatic rings. The van der Waals surface area contributed by atoms with E-state index >= 15 is 0 Å². The fourth-order valence-electron chi connectivity index (χ4n) is 2.03. The Balaban J connectivity index is 2.24. The van der Waals surface area contributed by atoms with Gasteiger partial charge in [-0.2, -0.15) is 0 Å². The van der Waals surface area contributed by atoms with Crippen LogP contribution < -0.4 is 0 Å². The molecule has 1 aliphatic rings. The molecule has 1 aromatic heterocycles. The molecule has 1 amide bonds. The van der Waals surface area contributed by atoms with Crippen LogP contribution in [0.2, 0.25) is 5.02 Å². The summed E-state index contributed by atoms with van der Waals surface area (Å²) >= 11 is 5.96. The van der Waals surface area contributed by atoms with E-state index in [2.05, 4.69) is 11.1 Å². The minimum absolute atomic E-state index is 0.126. The summed E-state index contributed by atoms with van der Waals surface area (Å²) in [5.74, 6) is 0.126. The molecule has 4 heteroatoms. The Morgan fingerprint density at radius 3 is 2.88 bits per heavy atom. The Hall–Kier alpha value is -1.35. The van der Waals surface area contributed by atoms with Gasteiger partial charge in [-0.05, 0) is 25.0 Å². The number of amides is 1. The molecule has 0 atom stereocenters. The van der Waals surface area contributed by atoms with Crippen LogP contribution in [0.1, 0.15) is 24.6 Å². The lowest BCUT2D eigenvalue weighted by atomic mass is 9.98. The molecule has 0 radical (unpaired) electrons. The second-order valence-corrected chi connectivity index (χ2v) is 4.67. The van der Waals surface area contributed by atoms with E-state index in [1.54, 1.807) is 13.1 Å². The molecule has 0 fully saturated rings. The maximum Gasteiger partial charge on any atom is 0.219 e. The average molecular weight is 251 g/mol. The second kappa shape index (κ2) is 4.88. The van der Waals surface area contributed by atoms with Gasteiger partial charge >= 0.3 is 0 Å². The van der Waals surface area contributed by atoms with Crippen molar-refractivity contribution in [1.29, 1.82) is 0 Å². The maximum atomic E-state index is 11.2. The molecule has 0 N–H and O–H groups in total. The van der Waals surface area contributed by atoms with Crippen molar-refractivity contribution in [2.24, 2.45) is 0 Å². The standard InChI is InChI=1S/C13H15ClN2O/c1-9-13(7-12(14)8-15-9)11-3-5-16(6-4-11)10(2)17/h3,7-8H,4-6H2,1-2H3. The van der Waals surface area contributed by atoms with E-state index in [0.717, 1.165) is 24.2 Å². The maximum absolute atomic E-state index is 11.2. The third-order valence-electron chi connectivity index (χ3n) is 3.05. The number of nitrogens with zero attached hydrogens (tertiary/aromatic N) is 2. The molecule has 0 saturated carbocycles. The van der Waals surface area contributed by atoms with Crippen molar-refractivity contribution in [3.8, 4) is 0 Å². The normalized spacial score (nSPS) is 15.7. The van der Waals surface area contributed by atoms with Crippen LogP contribution in [0.15, 0.2) is 18.3 Å². The monoisotopic (exact) mass is 250 g/mol. The molecular formula is C13H15ClN2O. The zero-order chi connectivity index (χ0) is 12.4. The number of hydrogen-bond acceptors (Lipinski definition) is 2. The van der Waals surface area contributed by atoms with Gasteiger partial charge in [-0.3, -0.25) is 9.78 Å². The van der Waals surface area contributed by atoms with Crippen LogP contribution in [0.3, 0.4) is 0 Å². The van der Waals surface area contributed by atoms with Crippen LogP contribution in [0, 0.1) is 6.92 Å². The van der Waals surface area contributed by atoms with Crippen LogP contribution in [0.4, 0.5) is 0 Å². The van der Waals surface area contributed by atoms with E-state index in [-0.39, 0.29) is 5.91 Å². The van der Waals surface area contributed by atoms with Crippen LogP contribution in [0.5, 0.6) is 0 Å². The lowest BCUT2D eigenvalue weighted by molar-refractivity contribution is -0.128. The van der Waals surface area contributed by atoms with Gasteiger partial charge in [0.2, 0.25) is 5.91 Å². The highest BCUT2D eigenvalue weighted by Crippen LogP contribution is 2.26. The van der Waals surface area contributed by atoms with Crippen molar-refractivity contribution < 1.29 is 4.79 Å². The van der Waals surface area contributed by atoms with Gasteiger partial charge in [0, 0.05) is 37.5 Å². The molecule has 0 aromatic carbocycles. The van der Waals surface area contributed by atoms with Crippen molar-refractivity contribution in [2.45, 2.75) is 20.3 Å². The highest BCUT2D eigenvalue weighted by atomic mass is 35.5. The Bertz CT molecular complexity index is 482. The van der Waals surface area contributed by atoms with Gasteiger partial charge < -0.3 is 4.90 Å². The highest BCUT2D eigenvalue weighted by molar-refractivity contribution is 6.30. The third-order valence-corrected chi connectivity index (χ3v) is 3.26. The summed E-state index contributed by atoms with van der Waals surface area (Å²) in [5, 5.41) is 0.653. The molecule has 0 unspecified atom stereocenters. The summed E-state index contributed by atoms with van der Waals surface area (Å²) in [4.78, 5) is 17.3. The largest absolute Gasteiger partial charge is 0.339 e. The number of carbonyl (C=O) groups excluding carboxylic acids is 1. The summed E-state index contributed by atoms with van der Waals surface area (Å²) in [6, 6.07) is 1.94. The summed E-state index contributed by atoms with van der Waals surface area (Å²) in [6.07, 6.45) is 4.61. The summed E-state index contributed by atoms with van der Waals surface area (Å²) in [5.41, 5.74) is 3.31. The van der Waals surface area contributed by atoms with Crippen molar-refractivity contribution in [3.63, 3.8) is 0 Å². The number of hydrogen-bond donors (Lipinski definition) is 0.